The van der Waals surface area contributed by atoms with Gasteiger partial charge >= 0.3 is 5.97 Å². The van der Waals surface area contributed by atoms with E-state index in [-0.39, 0.29) is 18.7 Å². The average Bonchev–Trinajstić information content (AvgIpc) is 2.51. The van der Waals surface area contributed by atoms with E-state index in [0.29, 0.717) is 12.0 Å². The SMILES string of the molecule is CC[C@@](O)(C#Cc1ccc(C(=O)OC)cc1)COC1CCC1. The van der Waals surface area contributed by atoms with Crippen LogP contribution in [0.2, 0.25) is 0 Å². The molecule has 1 atom stereocenters. The topological polar surface area (TPSA) is 55.8 Å². The summed E-state index contributed by atoms with van der Waals surface area (Å²) in [5.74, 6) is 5.46. The molecule has 0 heterocycles. The lowest BCUT2D eigenvalue weighted by Gasteiger charge is -2.29. The second-order valence-corrected chi connectivity index (χ2v) is 5.57. The van der Waals surface area contributed by atoms with Crippen LogP contribution in [0.15, 0.2) is 24.3 Å². The summed E-state index contributed by atoms with van der Waals surface area (Å²) in [6.45, 7) is 2.13. The largest absolute Gasteiger partial charge is 0.465 e. The third-order valence-electron chi connectivity index (χ3n) is 3.94. The van der Waals surface area contributed by atoms with Gasteiger partial charge in [-0.05, 0) is 49.9 Å². The number of ether oxygens (including phenoxy) is 2. The number of carbonyl (C=O) groups excluding carboxylic acids is 1. The Morgan fingerprint density at radius 3 is 2.55 bits per heavy atom. The summed E-state index contributed by atoms with van der Waals surface area (Å²) in [6.07, 6.45) is 4.13. The van der Waals surface area contributed by atoms with Crippen LogP contribution in [0.3, 0.4) is 0 Å². The van der Waals surface area contributed by atoms with Crippen LogP contribution in [0.5, 0.6) is 0 Å². The summed E-state index contributed by atoms with van der Waals surface area (Å²) >= 11 is 0. The maximum Gasteiger partial charge on any atom is 0.337 e. The minimum absolute atomic E-state index is 0.238. The highest BCUT2D eigenvalue weighted by Crippen LogP contribution is 2.23. The molecule has 0 aliphatic heterocycles. The summed E-state index contributed by atoms with van der Waals surface area (Å²) in [7, 11) is 1.35. The smallest absolute Gasteiger partial charge is 0.337 e. The van der Waals surface area contributed by atoms with Crippen molar-refractivity contribution >= 4 is 5.97 Å². The summed E-state index contributed by atoms with van der Waals surface area (Å²) in [5, 5.41) is 10.5. The Hall–Kier alpha value is -1.83. The lowest BCUT2D eigenvalue weighted by atomic mass is 9.95. The van der Waals surface area contributed by atoms with Crippen molar-refractivity contribution in [3.05, 3.63) is 35.4 Å². The molecule has 0 bridgehead atoms. The minimum atomic E-state index is -1.13. The molecule has 0 spiro atoms. The van der Waals surface area contributed by atoms with Crippen molar-refractivity contribution in [1.29, 1.82) is 0 Å². The molecule has 1 fully saturated rings. The second-order valence-electron chi connectivity index (χ2n) is 5.57. The Bertz CT molecular complexity index is 563. The first-order valence-electron chi connectivity index (χ1n) is 7.62. The highest BCUT2D eigenvalue weighted by Gasteiger charge is 2.26. The normalized spacial score (nSPS) is 16.9. The van der Waals surface area contributed by atoms with Crippen LogP contribution in [-0.2, 0) is 9.47 Å². The summed E-state index contributed by atoms with van der Waals surface area (Å²) in [5.41, 5.74) is 0.0895. The molecule has 1 aliphatic carbocycles. The minimum Gasteiger partial charge on any atom is -0.465 e. The quantitative estimate of drug-likeness (QED) is 0.671. The van der Waals surface area contributed by atoms with Crippen LogP contribution in [0, 0.1) is 11.8 Å². The molecule has 1 N–H and O–H groups in total. The molecule has 0 unspecified atom stereocenters. The van der Waals surface area contributed by atoms with Crippen LogP contribution in [0.25, 0.3) is 0 Å². The molecule has 1 aliphatic rings. The Kier molecular flexibility index (Phi) is 5.59. The van der Waals surface area contributed by atoms with Crippen molar-refractivity contribution in [3.63, 3.8) is 0 Å². The first kappa shape index (κ1) is 16.5. The highest BCUT2D eigenvalue weighted by molar-refractivity contribution is 5.89. The molecular weight excluding hydrogens is 280 g/mol. The maximum absolute atomic E-state index is 11.4. The van der Waals surface area contributed by atoms with Gasteiger partial charge in [0, 0.05) is 5.56 Å². The van der Waals surface area contributed by atoms with Crippen LogP contribution in [0.4, 0.5) is 0 Å². The third-order valence-corrected chi connectivity index (χ3v) is 3.94. The third kappa shape index (κ3) is 4.33. The lowest BCUT2D eigenvalue weighted by Crippen LogP contribution is -2.36. The fourth-order valence-electron chi connectivity index (χ4n) is 2.02. The zero-order chi connectivity index (χ0) is 16.0. The zero-order valence-corrected chi connectivity index (χ0v) is 13.1. The Balaban J connectivity index is 2.00. The van der Waals surface area contributed by atoms with Gasteiger partial charge in [0.15, 0.2) is 0 Å². The van der Waals surface area contributed by atoms with Crippen molar-refractivity contribution in [2.45, 2.75) is 44.3 Å². The van der Waals surface area contributed by atoms with Gasteiger partial charge in [-0.3, -0.25) is 0 Å². The van der Waals surface area contributed by atoms with Crippen LogP contribution >= 0.6 is 0 Å². The molecule has 4 nitrogen and oxygen atoms in total. The van der Waals surface area contributed by atoms with Gasteiger partial charge in [0.25, 0.3) is 0 Å². The van der Waals surface area contributed by atoms with E-state index in [1.54, 1.807) is 24.3 Å². The maximum atomic E-state index is 11.4. The first-order chi connectivity index (χ1) is 10.6. The van der Waals surface area contributed by atoms with Gasteiger partial charge in [-0.1, -0.05) is 18.8 Å². The molecule has 1 aromatic rings. The molecule has 22 heavy (non-hydrogen) atoms. The molecule has 0 saturated heterocycles. The monoisotopic (exact) mass is 302 g/mol. The predicted octanol–water partition coefficient (Wildman–Crippen LogP) is 2.53. The molecule has 4 heteroatoms. The Labute approximate surface area is 131 Å². The second kappa shape index (κ2) is 7.44. The van der Waals surface area contributed by atoms with Gasteiger partial charge in [0.2, 0.25) is 0 Å². The van der Waals surface area contributed by atoms with Crippen molar-refractivity contribution in [2.75, 3.05) is 13.7 Å². The standard InChI is InChI=1S/C18H22O4/c1-3-18(20,13-22-16-5-4-6-16)12-11-14-7-9-15(10-8-14)17(19)21-2/h7-10,16,20H,3-6,13H2,1-2H3/t18-/m1/s1. The fourth-order valence-corrected chi connectivity index (χ4v) is 2.02. The molecule has 2 rings (SSSR count). The number of hydrogen-bond acceptors (Lipinski definition) is 4. The van der Waals surface area contributed by atoms with Gasteiger partial charge in [-0.25, -0.2) is 4.79 Å². The summed E-state index contributed by atoms with van der Waals surface area (Å²) in [6, 6.07) is 6.79. The molecule has 1 saturated carbocycles. The van der Waals surface area contributed by atoms with E-state index in [1.807, 2.05) is 6.92 Å². The highest BCUT2D eigenvalue weighted by atomic mass is 16.5. The number of benzene rings is 1. The number of methoxy groups -OCH3 is 1. The molecular formula is C18H22O4. The van der Waals surface area contributed by atoms with E-state index in [2.05, 4.69) is 16.6 Å². The van der Waals surface area contributed by atoms with Gasteiger partial charge in [-0.2, -0.15) is 0 Å². The van der Waals surface area contributed by atoms with Gasteiger partial charge in [0.05, 0.1) is 25.4 Å². The number of esters is 1. The van der Waals surface area contributed by atoms with Crippen molar-refractivity contribution in [1.82, 2.24) is 0 Å². The van der Waals surface area contributed by atoms with Gasteiger partial charge in [-0.15, -0.1) is 0 Å². The molecule has 0 aromatic heterocycles. The van der Waals surface area contributed by atoms with E-state index >= 15 is 0 Å². The van der Waals surface area contributed by atoms with E-state index < -0.39 is 5.60 Å². The van der Waals surface area contributed by atoms with E-state index in [0.717, 1.165) is 18.4 Å². The van der Waals surface area contributed by atoms with Crippen LogP contribution in [-0.4, -0.2) is 36.5 Å². The predicted molar refractivity (Wildman–Crippen MR) is 83.5 cm³/mol. The van der Waals surface area contributed by atoms with Gasteiger partial charge in [0.1, 0.15) is 5.60 Å². The lowest BCUT2D eigenvalue weighted by molar-refractivity contribution is -0.0681. The average molecular weight is 302 g/mol. The molecule has 0 radical (unpaired) electrons. The summed E-state index contributed by atoms with van der Waals surface area (Å²) < 4.78 is 10.3. The van der Waals surface area contributed by atoms with Crippen molar-refractivity contribution in [3.8, 4) is 11.8 Å². The number of carbonyl (C=O) groups is 1. The Morgan fingerprint density at radius 1 is 1.36 bits per heavy atom. The number of rotatable bonds is 5. The van der Waals surface area contributed by atoms with E-state index in [1.165, 1.54) is 13.5 Å². The van der Waals surface area contributed by atoms with E-state index in [9.17, 15) is 9.90 Å². The molecule has 118 valence electrons. The fraction of sp³-hybridized carbons (Fsp3) is 0.500. The molecule has 1 aromatic carbocycles. The van der Waals surface area contributed by atoms with Crippen LogP contribution in [0.1, 0.15) is 48.5 Å². The van der Waals surface area contributed by atoms with Crippen molar-refractivity contribution < 1.29 is 19.4 Å². The zero-order valence-electron chi connectivity index (χ0n) is 13.1. The Morgan fingerprint density at radius 2 is 2.05 bits per heavy atom. The first-order valence-corrected chi connectivity index (χ1v) is 7.62. The number of aliphatic hydroxyl groups is 1. The van der Waals surface area contributed by atoms with Gasteiger partial charge < -0.3 is 14.6 Å². The van der Waals surface area contributed by atoms with Crippen molar-refractivity contribution in [2.24, 2.45) is 0 Å². The van der Waals surface area contributed by atoms with E-state index in [4.69, 9.17) is 4.74 Å². The molecule has 0 amide bonds. The van der Waals surface area contributed by atoms with Crippen LogP contribution < -0.4 is 0 Å². The summed E-state index contributed by atoms with van der Waals surface area (Å²) in [4.78, 5) is 11.4. The number of hydrogen-bond donors (Lipinski definition) is 1.